The van der Waals surface area contributed by atoms with E-state index in [4.69, 9.17) is 11.6 Å². The van der Waals surface area contributed by atoms with Gasteiger partial charge in [0.05, 0.1) is 4.34 Å². The van der Waals surface area contributed by atoms with Crippen LogP contribution in [-0.2, 0) is 0 Å². The molecule has 0 aromatic carbocycles. The average molecular weight is 288 g/mol. The summed E-state index contributed by atoms with van der Waals surface area (Å²) in [5, 5.41) is 5.55. The Morgan fingerprint density at radius 1 is 1.50 bits per heavy atom. The second-order valence-electron chi connectivity index (χ2n) is 4.93. The molecule has 0 radical (unpaired) electrons. The third-order valence-electron chi connectivity index (χ3n) is 3.71. The maximum absolute atomic E-state index is 5.99. The zero-order valence-corrected chi connectivity index (χ0v) is 12.7. The zero-order chi connectivity index (χ0) is 13.0. The summed E-state index contributed by atoms with van der Waals surface area (Å²) in [5.74, 6) is 0. The predicted molar refractivity (Wildman–Crippen MR) is 79.7 cm³/mol. The first-order valence-corrected chi connectivity index (χ1v) is 7.80. The molecular weight excluding hydrogens is 266 g/mol. The van der Waals surface area contributed by atoms with Gasteiger partial charge in [0.1, 0.15) is 0 Å². The van der Waals surface area contributed by atoms with Crippen LogP contribution in [0.5, 0.6) is 0 Å². The van der Waals surface area contributed by atoms with Gasteiger partial charge in [0, 0.05) is 45.3 Å². The molecule has 1 aromatic rings. The Morgan fingerprint density at radius 2 is 2.22 bits per heavy atom. The van der Waals surface area contributed by atoms with E-state index in [-0.39, 0.29) is 0 Å². The Labute approximate surface area is 119 Å². The van der Waals surface area contributed by atoms with Crippen molar-refractivity contribution in [2.24, 2.45) is 0 Å². The van der Waals surface area contributed by atoms with E-state index in [1.807, 2.05) is 0 Å². The van der Waals surface area contributed by atoms with Crippen molar-refractivity contribution in [3.63, 3.8) is 0 Å². The standard InChI is InChI=1S/C13H22ClN3S/c1-11(12-9-13(14)18-10-12)16(2)7-8-17-5-3-15-4-6-17/h9-11,15H,3-8H2,1-2H3. The fourth-order valence-corrected chi connectivity index (χ4v) is 3.20. The molecule has 5 heteroatoms. The van der Waals surface area contributed by atoms with Gasteiger partial charge in [0.15, 0.2) is 0 Å². The Kier molecular flexibility index (Phi) is 5.45. The van der Waals surface area contributed by atoms with Gasteiger partial charge in [-0.25, -0.2) is 0 Å². The first-order chi connectivity index (χ1) is 8.66. The van der Waals surface area contributed by atoms with Gasteiger partial charge in [-0.15, -0.1) is 11.3 Å². The molecule has 102 valence electrons. The zero-order valence-electron chi connectivity index (χ0n) is 11.2. The van der Waals surface area contributed by atoms with Crippen LogP contribution in [0.25, 0.3) is 0 Å². The summed E-state index contributed by atoms with van der Waals surface area (Å²) in [4.78, 5) is 4.93. The Morgan fingerprint density at radius 3 is 2.83 bits per heavy atom. The molecule has 0 saturated carbocycles. The van der Waals surface area contributed by atoms with E-state index in [1.165, 1.54) is 18.7 Å². The van der Waals surface area contributed by atoms with Crippen molar-refractivity contribution in [2.75, 3.05) is 46.3 Å². The highest BCUT2D eigenvalue weighted by Gasteiger charge is 2.15. The van der Waals surface area contributed by atoms with Crippen LogP contribution < -0.4 is 5.32 Å². The van der Waals surface area contributed by atoms with E-state index < -0.39 is 0 Å². The molecule has 0 bridgehead atoms. The average Bonchev–Trinajstić information content (AvgIpc) is 2.83. The Bertz CT molecular complexity index is 363. The molecule has 1 aliphatic heterocycles. The van der Waals surface area contributed by atoms with Gasteiger partial charge in [-0.05, 0) is 31.0 Å². The fraction of sp³-hybridized carbons (Fsp3) is 0.692. The smallest absolute Gasteiger partial charge is 0.0931 e. The van der Waals surface area contributed by atoms with Crippen molar-refractivity contribution in [1.82, 2.24) is 15.1 Å². The summed E-state index contributed by atoms with van der Waals surface area (Å²) in [6, 6.07) is 2.52. The van der Waals surface area contributed by atoms with E-state index in [0.29, 0.717) is 6.04 Å². The number of halogens is 1. The molecule has 2 heterocycles. The molecule has 0 spiro atoms. The van der Waals surface area contributed by atoms with Crippen LogP contribution in [-0.4, -0.2) is 56.1 Å². The van der Waals surface area contributed by atoms with E-state index in [1.54, 1.807) is 11.3 Å². The van der Waals surface area contributed by atoms with Crippen molar-refractivity contribution in [3.8, 4) is 0 Å². The minimum atomic E-state index is 0.441. The third-order valence-corrected chi connectivity index (χ3v) is 4.82. The molecule has 0 aliphatic carbocycles. The first-order valence-electron chi connectivity index (χ1n) is 6.54. The molecule has 18 heavy (non-hydrogen) atoms. The molecular formula is C13H22ClN3S. The molecule has 0 amide bonds. The van der Waals surface area contributed by atoms with Gasteiger partial charge < -0.3 is 5.32 Å². The Balaban J connectivity index is 1.78. The molecule has 1 aliphatic rings. The minimum Gasteiger partial charge on any atom is -0.314 e. The lowest BCUT2D eigenvalue weighted by Gasteiger charge is -2.31. The molecule has 1 atom stereocenters. The highest BCUT2D eigenvalue weighted by atomic mass is 35.5. The highest BCUT2D eigenvalue weighted by Crippen LogP contribution is 2.27. The second-order valence-corrected chi connectivity index (χ2v) is 6.47. The van der Waals surface area contributed by atoms with E-state index in [2.05, 4.69) is 40.5 Å². The van der Waals surface area contributed by atoms with Crippen LogP contribution in [0.3, 0.4) is 0 Å². The fourth-order valence-electron chi connectivity index (χ4n) is 2.22. The number of hydrogen-bond donors (Lipinski definition) is 1. The van der Waals surface area contributed by atoms with E-state index in [0.717, 1.165) is 30.5 Å². The largest absolute Gasteiger partial charge is 0.314 e. The third kappa shape index (κ3) is 3.93. The predicted octanol–water partition coefficient (Wildman–Crippen LogP) is 2.30. The van der Waals surface area contributed by atoms with Crippen LogP contribution in [0.15, 0.2) is 11.4 Å². The number of piperazine rings is 1. The first kappa shape index (κ1) is 14.3. The van der Waals surface area contributed by atoms with Gasteiger partial charge >= 0.3 is 0 Å². The molecule has 1 fully saturated rings. The molecule has 1 aromatic heterocycles. The minimum absolute atomic E-state index is 0.441. The molecule has 1 unspecified atom stereocenters. The van der Waals surface area contributed by atoms with E-state index >= 15 is 0 Å². The van der Waals surface area contributed by atoms with Crippen molar-refractivity contribution in [3.05, 3.63) is 21.3 Å². The number of hydrogen-bond acceptors (Lipinski definition) is 4. The second kappa shape index (κ2) is 6.87. The van der Waals surface area contributed by atoms with Crippen LogP contribution in [0.4, 0.5) is 0 Å². The summed E-state index contributed by atoms with van der Waals surface area (Å²) < 4.78 is 0.882. The molecule has 1 saturated heterocycles. The number of thiophene rings is 1. The topological polar surface area (TPSA) is 18.5 Å². The van der Waals surface area contributed by atoms with Crippen molar-refractivity contribution < 1.29 is 0 Å². The number of nitrogens with one attached hydrogen (secondary N) is 1. The van der Waals surface area contributed by atoms with Gasteiger partial charge in [0.25, 0.3) is 0 Å². The summed E-state index contributed by atoms with van der Waals surface area (Å²) in [6.45, 7) is 9.10. The highest BCUT2D eigenvalue weighted by molar-refractivity contribution is 7.14. The van der Waals surface area contributed by atoms with Crippen LogP contribution in [0, 0.1) is 0 Å². The number of likely N-dealkylation sites (N-methyl/N-ethyl adjacent to an activating group) is 1. The molecule has 3 nitrogen and oxygen atoms in total. The summed E-state index contributed by atoms with van der Waals surface area (Å²) in [5.41, 5.74) is 1.33. The SMILES string of the molecule is CC(c1csc(Cl)c1)N(C)CCN1CCNCC1. The normalized spacial score (nSPS) is 19.3. The molecule has 1 N–H and O–H groups in total. The van der Waals surface area contributed by atoms with Crippen LogP contribution in [0.2, 0.25) is 4.34 Å². The molecule has 2 rings (SSSR count). The maximum Gasteiger partial charge on any atom is 0.0931 e. The lowest BCUT2D eigenvalue weighted by molar-refractivity contribution is 0.183. The summed E-state index contributed by atoms with van der Waals surface area (Å²) in [6.07, 6.45) is 0. The lowest BCUT2D eigenvalue weighted by atomic mass is 10.1. The van der Waals surface area contributed by atoms with Gasteiger partial charge in [-0.1, -0.05) is 11.6 Å². The van der Waals surface area contributed by atoms with E-state index in [9.17, 15) is 0 Å². The van der Waals surface area contributed by atoms with Gasteiger partial charge in [-0.2, -0.15) is 0 Å². The number of nitrogens with zero attached hydrogens (tertiary/aromatic N) is 2. The van der Waals surface area contributed by atoms with Crippen LogP contribution in [0.1, 0.15) is 18.5 Å². The quantitative estimate of drug-likeness (QED) is 0.896. The van der Waals surface area contributed by atoms with Crippen LogP contribution >= 0.6 is 22.9 Å². The van der Waals surface area contributed by atoms with Crippen molar-refractivity contribution in [2.45, 2.75) is 13.0 Å². The van der Waals surface area contributed by atoms with Crippen molar-refractivity contribution in [1.29, 1.82) is 0 Å². The van der Waals surface area contributed by atoms with Crippen molar-refractivity contribution >= 4 is 22.9 Å². The van der Waals surface area contributed by atoms with Gasteiger partial charge in [-0.3, -0.25) is 9.80 Å². The van der Waals surface area contributed by atoms with Gasteiger partial charge in [0.2, 0.25) is 0 Å². The lowest BCUT2D eigenvalue weighted by Crippen LogP contribution is -2.46. The summed E-state index contributed by atoms with van der Waals surface area (Å²) in [7, 11) is 2.19. The number of rotatable bonds is 5. The Hall–Kier alpha value is -0.130. The monoisotopic (exact) mass is 287 g/mol. The maximum atomic E-state index is 5.99. The summed E-state index contributed by atoms with van der Waals surface area (Å²) >= 11 is 7.61.